The summed E-state index contributed by atoms with van der Waals surface area (Å²) >= 11 is 11.7. The van der Waals surface area contributed by atoms with Crippen LogP contribution in [-0.4, -0.2) is 15.4 Å². The molecule has 6 heteroatoms. The average Bonchev–Trinajstić information content (AvgIpc) is 2.94. The molecule has 3 rings (SSSR count). The Balaban J connectivity index is 1.52. The van der Waals surface area contributed by atoms with Crippen LogP contribution >= 0.6 is 23.2 Å². The number of nitrogens with zero attached hydrogens (tertiary/aromatic N) is 2. The minimum absolute atomic E-state index is 0.152. The van der Waals surface area contributed by atoms with Gasteiger partial charge in [0, 0.05) is 23.8 Å². The Morgan fingerprint density at radius 1 is 1.04 bits per heavy atom. The van der Waals surface area contributed by atoms with Crippen molar-refractivity contribution in [3.63, 3.8) is 0 Å². The van der Waals surface area contributed by atoms with Gasteiger partial charge in [-0.05, 0) is 36.2 Å². The van der Waals surface area contributed by atoms with Crippen LogP contribution < -0.4 is 0 Å². The largest absolute Gasteiger partial charge is 0.459 e. The number of rotatable bonds is 5. The highest BCUT2D eigenvalue weighted by atomic mass is 35.5. The van der Waals surface area contributed by atoms with E-state index in [1.165, 1.54) is 0 Å². The number of hydrogen-bond donors (Lipinski definition) is 0. The molecule has 0 aliphatic rings. The van der Waals surface area contributed by atoms with Gasteiger partial charge in [-0.1, -0.05) is 35.3 Å². The highest BCUT2D eigenvalue weighted by Crippen LogP contribution is 2.13. The molecule has 0 N–H and O–H groups in total. The van der Waals surface area contributed by atoms with E-state index in [0.717, 1.165) is 11.2 Å². The second kappa shape index (κ2) is 7.02. The number of benzene rings is 1. The molecule has 4 nitrogen and oxygen atoms in total. The second-order valence-corrected chi connectivity index (χ2v) is 6.01. The van der Waals surface area contributed by atoms with Crippen LogP contribution in [-0.2, 0) is 22.6 Å². The van der Waals surface area contributed by atoms with Gasteiger partial charge in [-0.15, -0.1) is 0 Å². The highest BCUT2D eigenvalue weighted by molar-refractivity contribution is 6.30. The van der Waals surface area contributed by atoms with E-state index in [-0.39, 0.29) is 12.6 Å². The maximum Gasteiger partial charge on any atom is 0.306 e. The third-order valence-corrected chi connectivity index (χ3v) is 3.85. The fourth-order valence-corrected chi connectivity index (χ4v) is 2.50. The summed E-state index contributed by atoms with van der Waals surface area (Å²) in [5.41, 5.74) is 2.50. The van der Waals surface area contributed by atoms with Gasteiger partial charge in [0.15, 0.2) is 0 Å². The average molecular weight is 349 g/mol. The van der Waals surface area contributed by atoms with E-state index >= 15 is 0 Å². The lowest BCUT2D eigenvalue weighted by molar-refractivity contribution is -0.145. The molecule has 0 atom stereocenters. The smallest absolute Gasteiger partial charge is 0.306 e. The molecule has 23 heavy (non-hydrogen) atoms. The quantitative estimate of drug-likeness (QED) is 0.645. The standard InChI is InChI=1S/C17H14Cl2N2O2/c18-13-4-1-12(2-5-13)3-8-17(22)23-11-15-10-21-9-14(19)6-7-16(21)20-15/h1-2,4-7,9-10H,3,8,11H2. The number of hydrogen-bond acceptors (Lipinski definition) is 3. The van der Waals surface area contributed by atoms with Crippen molar-refractivity contribution in [1.82, 2.24) is 9.38 Å². The molecule has 1 aromatic carbocycles. The van der Waals surface area contributed by atoms with Gasteiger partial charge < -0.3 is 9.14 Å². The van der Waals surface area contributed by atoms with Crippen LogP contribution in [0.4, 0.5) is 0 Å². The van der Waals surface area contributed by atoms with Crippen molar-refractivity contribution in [1.29, 1.82) is 0 Å². The Kier molecular flexibility index (Phi) is 4.84. The van der Waals surface area contributed by atoms with Crippen LogP contribution in [0.3, 0.4) is 0 Å². The fraction of sp³-hybridized carbons (Fsp3) is 0.176. The van der Waals surface area contributed by atoms with Crippen molar-refractivity contribution in [2.45, 2.75) is 19.4 Å². The molecule has 0 saturated heterocycles. The van der Waals surface area contributed by atoms with Gasteiger partial charge in [0.25, 0.3) is 0 Å². The maximum absolute atomic E-state index is 11.8. The van der Waals surface area contributed by atoms with Crippen LogP contribution in [0.1, 0.15) is 17.7 Å². The SMILES string of the molecule is O=C(CCc1ccc(Cl)cc1)OCc1cn2cc(Cl)ccc2n1. The number of ether oxygens (including phenoxy) is 1. The van der Waals surface area contributed by atoms with E-state index in [9.17, 15) is 4.79 Å². The summed E-state index contributed by atoms with van der Waals surface area (Å²) in [6, 6.07) is 11.0. The van der Waals surface area contributed by atoms with Gasteiger partial charge in [-0.25, -0.2) is 4.98 Å². The molecule has 0 aliphatic carbocycles. The Bertz CT molecular complexity index is 828. The van der Waals surface area contributed by atoms with E-state index in [1.807, 2.05) is 30.3 Å². The van der Waals surface area contributed by atoms with Crippen molar-refractivity contribution >= 4 is 34.8 Å². The highest BCUT2D eigenvalue weighted by Gasteiger charge is 2.07. The molecule has 118 valence electrons. The monoisotopic (exact) mass is 348 g/mol. The number of imidazole rings is 1. The molecule has 0 spiro atoms. The van der Waals surface area contributed by atoms with Crippen LogP contribution in [0, 0.1) is 0 Å². The van der Waals surface area contributed by atoms with Crippen molar-refractivity contribution in [3.05, 3.63) is 70.1 Å². The predicted octanol–water partition coefficient (Wildman–Crippen LogP) is 4.32. The van der Waals surface area contributed by atoms with E-state index < -0.39 is 0 Å². The molecule has 0 saturated carbocycles. The third kappa shape index (κ3) is 4.24. The number of aromatic nitrogens is 2. The first-order valence-corrected chi connectivity index (χ1v) is 7.89. The van der Waals surface area contributed by atoms with Crippen molar-refractivity contribution in [2.24, 2.45) is 0 Å². The molecule has 0 fully saturated rings. The summed E-state index contributed by atoms with van der Waals surface area (Å²) in [4.78, 5) is 16.2. The number of pyridine rings is 1. The Morgan fingerprint density at radius 3 is 2.57 bits per heavy atom. The molecular weight excluding hydrogens is 335 g/mol. The lowest BCUT2D eigenvalue weighted by atomic mass is 10.1. The molecule has 3 aromatic rings. The molecule has 2 aromatic heterocycles. The van der Waals surface area contributed by atoms with Gasteiger partial charge in [-0.3, -0.25) is 4.79 Å². The molecular formula is C17H14Cl2N2O2. The number of fused-ring (bicyclic) bond motifs is 1. The summed E-state index contributed by atoms with van der Waals surface area (Å²) in [5.74, 6) is -0.255. The van der Waals surface area contributed by atoms with Crippen LogP contribution in [0.15, 0.2) is 48.8 Å². The summed E-state index contributed by atoms with van der Waals surface area (Å²) in [6.45, 7) is 0.152. The number of carbonyl (C=O) groups excluding carboxylic acids is 1. The number of aryl methyl sites for hydroxylation is 1. The Labute approximate surface area is 143 Å². The third-order valence-electron chi connectivity index (χ3n) is 3.38. The number of halogens is 2. The second-order valence-electron chi connectivity index (χ2n) is 5.13. The van der Waals surface area contributed by atoms with Crippen molar-refractivity contribution in [3.8, 4) is 0 Å². The van der Waals surface area contributed by atoms with Gasteiger partial charge in [0.2, 0.25) is 0 Å². The number of esters is 1. The van der Waals surface area contributed by atoms with Gasteiger partial charge >= 0.3 is 5.97 Å². The normalized spacial score (nSPS) is 10.9. The summed E-state index contributed by atoms with van der Waals surface area (Å²) in [7, 11) is 0. The molecule has 0 amide bonds. The zero-order valence-electron chi connectivity index (χ0n) is 12.2. The van der Waals surface area contributed by atoms with Crippen molar-refractivity contribution < 1.29 is 9.53 Å². The number of carbonyl (C=O) groups is 1. The molecule has 2 heterocycles. The van der Waals surface area contributed by atoms with E-state index in [4.69, 9.17) is 27.9 Å². The van der Waals surface area contributed by atoms with Crippen molar-refractivity contribution in [2.75, 3.05) is 0 Å². The topological polar surface area (TPSA) is 43.6 Å². The minimum atomic E-state index is -0.255. The lowest BCUT2D eigenvalue weighted by Crippen LogP contribution is -2.06. The van der Waals surface area contributed by atoms with Crippen LogP contribution in [0.5, 0.6) is 0 Å². The zero-order chi connectivity index (χ0) is 16.2. The lowest BCUT2D eigenvalue weighted by Gasteiger charge is -2.03. The minimum Gasteiger partial charge on any atom is -0.459 e. The first kappa shape index (κ1) is 15.8. The predicted molar refractivity (Wildman–Crippen MR) is 89.8 cm³/mol. The summed E-state index contributed by atoms with van der Waals surface area (Å²) < 4.78 is 7.06. The zero-order valence-corrected chi connectivity index (χ0v) is 13.7. The van der Waals surface area contributed by atoms with Crippen LogP contribution in [0.25, 0.3) is 5.65 Å². The Morgan fingerprint density at radius 2 is 1.78 bits per heavy atom. The summed E-state index contributed by atoms with van der Waals surface area (Å²) in [6.07, 6.45) is 4.50. The Hall–Kier alpha value is -2.04. The maximum atomic E-state index is 11.8. The van der Waals surface area contributed by atoms with Gasteiger partial charge in [-0.2, -0.15) is 0 Å². The van der Waals surface area contributed by atoms with E-state index in [0.29, 0.717) is 28.6 Å². The summed E-state index contributed by atoms with van der Waals surface area (Å²) in [5, 5.41) is 1.31. The van der Waals surface area contributed by atoms with E-state index in [1.54, 1.807) is 22.9 Å². The van der Waals surface area contributed by atoms with Crippen LogP contribution in [0.2, 0.25) is 10.0 Å². The molecule has 0 aliphatic heterocycles. The fourth-order valence-electron chi connectivity index (χ4n) is 2.21. The molecule has 0 radical (unpaired) electrons. The van der Waals surface area contributed by atoms with Gasteiger partial charge in [0.05, 0.1) is 10.7 Å². The molecule has 0 unspecified atom stereocenters. The first-order valence-electron chi connectivity index (χ1n) is 7.13. The van der Waals surface area contributed by atoms with E-state index in [2.05, 4.69) is 4.98 Å². The first-order chi connectivity index (χ1) is 11.1. The van der Waals surface area contributed by atoms with Gasteiger partial charge in [0.1, 0.15) is 12.3 Å². The molecule has 0 bridgehead atoms.